The van der Waals surface area contributed by atoms with Crippen LogP contribution in [-0.4, -0.2) is 44.6 Å². The fourth-order valence-electron chi connectivity index (χ4n) is 4.06. The second-order valence-electron chi connectivity index (χ2n) is 8.15. The number of hydrogen-bond acceptors (Lipinski definition) is 4. The molecule has 1 aliphatic heterocycles. The Balaban J connectivity index is 1.80. The van der Waals surface area contributed by atoms with Gasteiger partial charge in [-0.1, -0.05) is 13.8 Å². The van der Waals surface area contributed by atoms with E-state index in [1.165, 1.54) is 11.1 Å². The van der Waals surface area contributed by atoms with Crippen LogP contribution in [-0.2, 0) is 21.2 Å². The van der Waals surface area contributed by atoms with E-state index < -0.39 is 10.0 Å². The van der Waals surface area contributed by atoms with E-state index in [-0.39, 0.29) is 24.9 Å². The first-order valence-corrected chi connectivity index (χ1v) is 11.8. The fourth-order valence-corrected chi connectivity index (χ4v) is 4.55. The predicted octanol–water partition coefficient (Wildman–Crippen LogP) is 3.34. The molecule has 0 spiro atoms. The largest absolute Gasteiger partial charge is 0.464 e. The van der Waals surface area contributed by atoms with Gasteiger partial charge in [-0.3, -0.25) is 4.79 Å². The second-order valence-corrected chi connectivity index (χ2v) is 9.99. The lowest BCUT2D eigenvalue weighted by molar-refractivity contribution is -0.133. The zero-order valence-electron chi connectivity index (χ0n) is 17.1. The minimum Gasteiger partial charge on any atom is -0.464 e. The molecule has 2 heterocycles. The average Bonchev–Trinajstić information content (AvgIpc) is 3.00. The number of fused-ring (bicyclic) bond motifs is 1. The number of likely N-dealkylation sites (tertiary alicyclic amines) is 1. The molecule has 1 unspecified atom stereocenters. The molecule has 1 aromatic carbocycles. The highest BCUT2D eigenvalue weighted by molar-refractivity contribution is 7.88. The molecular formula is C21H30N2O4S. The standard InChI is InChI=1S/C21H30N2O4S/c1-14(2)18-11-19-16(13-27-20(19)9-15(18)3)10-21(24)23-8-6-5-7-17(23)12-22-28(4,25)26/h9,11,13-14,17,22H,5-8,10,12H2,1-4H3. The van der Waals surface area contributed by atoms with E-state index in [0.717, 1.165) is 42.1 Å². The van der Waals surface area contributed by atoms with Crippen LogP contribution in [0.15, 0.2) is 22.8 Å². The molecule has 154 valence electrons. The van der Waals surface area contributed by atoms with Crippen LogP contribution in [0.3, 0.4) is 0 Å². The van der Waals surface area contributed by atoms with Gasteiger partial charge in [0, 0.05) is 30.1 Å². The molecule has 1 aliphatic rings. The maximum atomic E-state index is 13.0. The Morgan fingerprint density at radius 2 is 2.07 bits per heavy atom. The molecule has 0 saturated carbocycles. The van der Waals surface area contributed by atoms with Crippen LogP contribution >= 0.6 is 0 Å². The van der Waals surface area contributed by atoms with Gasteiger partial charge in [0.15, 0.2) is 0 Å². The molecule has 2 aromatic rings. The maximum absolute atomic E-state index is 13.0. The lowest BCUT2D eigenvalue weighted by atomic mass is 9.95. The van der Waals surface area contributed by atoms with E-state index >= 15 is 0 Å². The van der Waals surface area contributed by atoms with Crippen LogP contribution in [0.25, 0.3) is 11.0 Å². The van der Waals surface area contributed by atoms with Crippen molar-refractivity contribution < 1.29 is 17.6 Å². The van der Waals surface area contributed by atoms with Crippen molar-refractivity contribution in [2.45, 2.75) is 58.4 Å². The monoisotopic (exact) mass is 406 g/mol. The summed E-state index contributed by atoms with van der Waals surface area (Å²) < 4.78 is 31.1. The average molecular weight is 407 g/mol. The molecule has 1 saturated heterocycles. The number of carbonyl (C=O) groups excluding carboxylic acids is 1. The summed E-state index contributed by atoms with van der Waals surface area (Å²) in [6.07, 6.45) is 5.86. The van der Waals surface area contributed by atoms with Gasteiger partial charge >= 0.3 is 0 Å². The van der Waals surface area contributed by atoms with Crippen molar-refractivity contribution in [1.82, 2.24) is 9.62 Å². The Hall–Kier alpha value is -1.86. The first-order chi connectivity index (χ1) is 13.2. The molecule has 6 nitrogen and oxygen atoms in total. The van der Waals surface area contributed by atoms with Crippen molar-refractivity contribution in [2.24, 2.45) is 0 Å². The summed E-state index contributed by atoms with van der Waals surface area (Å²) in [6.45, 7) is 7.34. The minimum atomic E-state index is -3.27. The summed E-state index contributed by atoms with van der Waals surface area (Å²) in [5, 5.41) is 0.991. The zero-order valence-corrected chi connectivity index (χ0v) is 17.9. The molecule has 1 fully saturated rings. The number of aryl methyl sites for hydroxylation is 1. The van der Waals surface area contributed by atoms with E-state index in [0.29, 0.717) is 12.5 Å². The zero-order chi connectivity index (χ0) is 20.5. The highest BCUT2D eigenvalue weighted by Gasteiger charge is 2.28. The fraction of sp³-hybridized carbons (Fsp3) is 0.571. The number of nitrogens with one attached hydrogen (secondary N) is 1. The molecule has 28 heavy (non-hydrogen) atoms. The summed E-state index contributed by atoms with van der Waals surface area (Å²) in [5.41, 5.74) is 4.15. The Bertz CT molecular complexity index is 962. The molecular weight excluding hydrogens is 376 g/mol. The van der Waals surface area contributed by atoms with E-state index in [9.17, 15) is 13.2 Å². The molecule has 1 atom stereocenters. The van der Waals surface area contributed by atoms with Crippen molar-refractivity contribution in [3.05, 3.63) is 35.1 Å². The lowest BCUT2D eigenvalue weighted by Gasteiger charge is -2.35. The SMILES string of the molecule is Cc1cc2occ(CC(=O)N3CCCCC3CNS(C)(=O)=O)c2cc1C(C)C. The second kappa shape index (κ2) is 8.25. The number of furan rings is 1. The molecule has 1 amide bonds. The molecule has 0 aliphatic carbocycles. The maximum Gasteiger partial charge on any atom is 0.227 e. The summed E-state index contributed by atoms with van der Waals surface area (Å²) in [5.74, 6) is 0.422. The Labute approximate surface area is 167 Å². The number of hydrogen-bond donors (Lipinski definition) is 1. The summed E-state index contributed by atoms with van der Waals surface area (Å²) in [7, 11) is -3.27. The topological polar surface area (TPSA) is 79.6 Å². The van der Waals surface area contributed by atoms with Gasteiger partial charge in [-0.25, -0.2) is 13.1 Å². The molecule has 1 aromatic heterocycles. The van der Waals surface area contributed by atoms with Crippen molar-refractivity contribution in [3.8, 4) is 0 Å². The number of piperidine rings is 1. The molecule has 3 rings (SSSR count). The molecule has 7 heteroatoms. The smallest absolute Gasteiger partial charge is 0.227 e. The van der Waals surface area contributed by atoms with Crippen LogP contribution < -0.4 is 4.72 Å². The summed E-state index contributed by atoms with van der Waals surface area (Å²) in [4.78, 5) is 14.9. The molecule has 0 bridgehead atoms. The van der Waals surface area contributed by atoms with Crippen LogP contribution in [0.1, 0.15) is 55.7 Å². The van der Waals surface area contributed by atoms with Crippen molar-refractivity contribution in [1.29, 1.82) is 0 Å². The highest BCUT2D eigenvalue weighted by atomic mass is 32.2. The van der Waals surface area contributed by atoms with Gasteiger partial charge in [-0.2, -0.15) is 0 Å². The van der Waals surface area contributed by atoms with Gasteiger partial charge in [-0.15, -0.1) is 0 Å². The Morgan fingerprint density at radius 3 is 2.75 bits per heavy atom. The summed E-state index contributed by atoms with van der Waals surface area (Å²) in [6, 6.07) is 4.08. The van der Waals surface area contributed by atoms with E-state index in [4.69, 9.17) is 4.42 Å². The number of benzene rings is 1. The number of amides is 1. The summed E-state index contributed by atoms with van der Waals surface area (Å²) >= 11 is 0. The highest BCUT2D eigenvalue weighted by Crippen LogP contribution is 2.30. The van der Waals surface area contributed by atoms with Crippen LogP contribution in [0.4, 0.5) is 0 Å². The third kappa shape index (κ3) is 4.75. The van der Waals surface area contributed by atoms with Gasteiger partial charge in [0.05, 0.1) is 18.9 Å². The third-order valence-electron chi connectivity index (χ3n) is 5.53. The minimum absolute atomic E-state index is 0.0226. The number of carbonyl (C=O) groups is 1. The van der Waals surface area contributed by atoms with Crippen molar-refractivity contribution >= 4 is 26.9 Å². The Morgan fingerprint density at radius 1 is 1.32 bits per heavy atom. The van der Waals surface area contributed by atoms with Crippen LogP contribution in [0, 0.1) is 6.92 Å². The van der Waals surface area contributed by atoms with Gasteiger partial charge in [0.1, 0.15) is 5.58 Å². The van der Waals surface area contributed by atoms with E-state index in [1.54, 1.807) is 6.26 Å². The number of sulfonamides is 1. The quantitative estimate of drug-likeness (QED) is 0.798. The lowest BCUT2D eigenvalue weighted by Crippen LogP contribution is -2.49. The molecule has 0 radical (unpaired) electrons. The van der Waals surface area contributed by atoms with Gasteiger partial charge in [-0.05, 0) is 55.4 Å². The van der Waals surface area contributed by atoms with Gasteiger partial charge in [0.2, 0.25) is 15.9 Å². The third-order valence-corrected chi connectivity index (χ3v) is 6.23. The predicted molar refractivity (Wildman–Crippen MR) is 111 cm³/mol. The van der Waals surface area contributed by atoms with Gasteiger partial charge < -0.3 is 9.32 Å². The van der Waals surface area contributed by atoms with Crippen LogP contribution in [0.5, 0.6) is 0 Å². The molecule has 1 N–H and O–H groups in total. The van der Waals surface area contributed by atoms with Gasteiger partial charge in [0.25, 0.3) is 0 Å². The van der Waals surface area contributed by atoms with Crippen LogP contribution in [0.2, 0.25) is 0 Å². The van der Waals surface area contributed by atoms with E-state index in [2.05, 4.69) is 31.6 Å². The number of rotatable bonds is 6. The van der Waals surface area contributed by atoms with E-state index in [1.807, 2.05) is 11.0 Å². The normalized spacial score (nSPS) is 18.2. The first-order valence-electron chi connectivity index (χ1n) is 9.90. The van der Waals surface area contributed by atoms with Crippen molar-refractivity contribution in [3.63, 3.8) is 0 Å². The van der Waals surface area contributed by atoms with Crippen molar-refractivity contribution in [2.75, 3.05) is 19.3 Å². The first kappa shape index (κ1) is 20.9. The number of nitrogens with zero attached hydrogens (tertiary/aromatic N) is 1. The Kier molecular flexibility index (Phi) is 6.15.